The van der Waals surface area contributed by atoms with Crippen LogP contribution in [-0.2, 0) is 19.5 Å². The standard InChI is InChI=1S/C16H15NO/c18-16(9-12-5-2-1-3-6-12)14-8-4-7-13-10-17-11-15(13)14/h1-8,17H,9-11H2. The van der Waals surface area contributed by atoms with Crippen molar-refractivity contribution < 1.29 is 4.79 Å². The van der Waals surface area contributed by atoms with E-state index >= 15 is 0 Å². The highest BCUT2D eigenvalue weighted by Crippen LogP contribution is 2.21. The third kappa shape index (κ3) is 2.07. The highest BCUT2D eigenvalue weighted by Gasteiger charge is 2.18. The van der Waals surface area contributed by atoms with Crippen molar-refractivity contribution in [1.29, 1.82) is 0 Å². The third-order valence-corrected chi connectivity index (χ3v) is 3.40. The van der Waals surface area contributed by atoms with E-state index in [1.807, 2.05) is 42.5 Å². The molecule has 0 fully saturated rings. The number of ketones is 1. The molecule has 1 aliphatic rings. The first-order valence-electron chi connectivity index (χ1n) is 6.23. The quantitative estimate of drug-likeness (QED) is 0.832. The normalized spacial score (nSPS) is 13.3. The molecule has 2 nitrogen and oxygen atoms in total. The topological polar surface area (TPSA) is 29.1 Å². The van der Waals surface area contributed by atoms with Crippen LogP contribution in [0.25, 0.3) is 0 Å². The van der Waals surface area contributed by atoms with Gasteiger partial charge >= 0.3 is 0 Å². The number of carbonyl (C=O) groups is 1. The van der Waals surface area contributed by atoms with Gasteiger partial charge in [-0.15, -0.1) is 0 Å². The summed E-state index contributed by atoms with van der Waals surface area (Å²) >= 11 is 0. The Bertz CT molecular complexity index is 575. The highest BCUT2D eigenvalue weighted by molar-refractivity contribution is 5.99. The second kappa shape index (κ2) is 4.75. The van der Waals surface area contributed by atoms with Crippen molar-refractivity contribution in [3.05, 3.63) is 70.8 Å². The fourth-order valence-electron chi connectivity index (χ4n) is 2.47. The molecule has 1 N–H and O–H groups in total. The zero-order chi connectivity index (χ0) is 12.4. The Labute approximate surface area is 107 Å². The minimum atomic E-state index is 0.210. The van der Waals surface area contributed by atoms with Gasteiger partial charge in [0, 0.05) is 25.1 Å². The smallest absolute Gasteiger partial charge is 0.167 e. The lowest BCUT2D eigenvalue weighted by Crippen LogP contribution is -2.08. The van der Waals surface area contributed by atoms with Crippen LogP contribution in [0.3, 0.4) is 0 Å². The molecule has 0 spiro atoms. The molecule has 2 aromatic carbocycles. The van der Waals surface area contributed by atoms with Gasteiger partial charge in [0.15, 0.2) is 5.78 Å². The molecule has 2 heteroatoms. The summed E-state index contributed by atoms with van der Waals surface area (Å²) in [4.78, 5) is 12.3. The van der Waals surface area contributed by atoms with Crippen LogP contribution >= 0.6 is 0 Å². The van der Waals surface area contributed by atoms with E-state index < -0.39 is 0 Å². The Morgan fingerprint density at radius 3 is 2.67 bits per heavy atom. The van der Waals surface area contributed by atoms with E-state index in [1.165, 1.54) is 11.1 Å². The maximum Gasteiger partial charge on any atom is 0.167 e. The summed E-state index contributed by atoms with van der Waals surface area (Å²) in [7, 11) is 0. The molecule has 1 heterocycles. The van der Waals surface area contributed by atoms with Gasteiger partial charge in [-0.05, 0) is 16.7 Å². The summed E-state index contributed by atoms with van der Waals surface area (Å²) in [6.07, 6.45) is 0.483. The number of benzene rings is 2. The molecular formula is C16H15NO. The van der Waals surface area contributed by atoms with Gasteiger partial charge < -0.3 is 5.32 Å². The summed E-state index contributed by atoms with van der Waals surface area (Å²) in [5.41, 5.74) is 4.39. The number of hydrogen-bond acceptors (Lipinski definition) is 2. The Morgan fingerprint density at radius 1 is 1.00 bits per heavy atom. The van der Waals surface area contributed by atoms with Crippen LogP contribution in [0, 0.1) is 0 Å². The van der Waals surface area contributed by atoms with Crippen molar-refractivity contribution in [2.75, 3.05) is 0 Å². The predicted octanol–water partition coefficient (Wildman–Crippen LogP) is 2.72. The van der Waals surface area contributed by atoms with E-state index in [0.29, 0.717) is 6.42 Å². The molecule has 0 saturated carbocycles. The van der Waals surface area contributed by atoms with E-state index in [4.69, 9.17) is 0 Å². The molecule has 0 saturated heterocycles. The monoisotopic (exact) mass is 237 g/mol. The predicted molar refractivity (Wildman–Crippen MR) is 71.5 cm³/mol. The molecule has 2 aromatic rings. The van der Waals surface area contributed by atoms with Gasteiger partial charge in [0.1, 0.15) is 0 Å². The zero-order valence-corrected chi connectivity index (χ0v) is 10.1. The van der Waals surface area contributed by atoms with Crippen LogP contribution < -0.4 is 5.32 Å². The van der Waals surface area contributed by atoms with E-state index in [-0.39, 0.29) is 5.78 Å². The van der Waals surface area contributed by atoms with Crippen molar-refractivity contribution >= 4 is 5.78 Å². The van der Waals surface area contributed by atoms with Gasteiger partial charge in [-0.2, -0.15) is 0 Å². The van der Waals surface area contributed by atoms with Gasteiger partial charge in [0.25, 0.3) is 0 Å². The van der Waals surface area contributed by atoms with Crippen LogP contribution in [0.5, 0.6) is 0 Å². The van der Waals surface area contributed by atoms with Crippen molar-refractivity contribution in [1.82, 2.24) is 5.32 Å². The lowest BCUT2D eigenvalue weighted by Gasteiger charge is -2.06. The first kappa shape index (κ1) is 11.2. The molecule has 0 bridgehead atoms. The maximum absolute atomic E-state index is 12.3. The first-order chi connectivity index (χ1) is 8.84. The molecule has 0 aromatic heterocycles. The largest absolute Gasteiger partial charge is 0.309 e. The minimum absolute atomic E-state index is 0.210. The van der Waals surface area contributed by atoms with Crippen LogP contribution in [0.4, 0.5) is 0 Å². The zero-order valence-electron chi connectivity index (χ0n) is 10.1. The van der Waals surface area contributed by atoms with Gasteiger partial charge in [-0.25, -0.2) is 0 Å². The molecule has 0 atom stereocenters. The molecule has 1 aliphatic heterocycles. The molecule has 90 valence electrons. The summed E-state index contributed by atoms with van der Waals surface area (Å²) in [5.74, 6) is 0.210. The van der Waals surface area contributed by atoms with E-state index in [2.05, 4.69) is 11.4 Å². The molecule has 0 aliphatic carbocycles. The van der Waals surface area contributed by atoms with Crippen LogP contribution in [0.1, 0.15) is 27.0 Å². The SMILES string of the molecule is O=C(Cc1ccccc1)c1cccc2c1CNC2. The second-order valence-electron chi connectivity index (χ2n) is 4.63. The molecular weight excluding hydrogens is 222 g/mol. The lowest BCUT2D eigenvalue weighted by atomic mass is 9.96. The maximum atomic E-state index is 12.3. The number of Topliss-reactive ketones (excluding diaryl/α,β-unsaturated/α-hetero) is 1. The molecule has 0 unspecified atom stereocenters. The minimum Gasteiger partial charge on any atom is -0.309 e. The number of rotatable bonds is 3. The number of nitrogens with one attached hydrogen (secondary N) is 1. The van der Waals surface area contributed by atoms with Crippen molar-refractivity contribution in [2.24, 2.45) is 0 Å². The Morgan fingerprint density at radius 2 is 1.83 bits per heavy atom. The Balaban J connectivity index is 1.88. The van der Waals surface area contributed by atoms with Gasteiger partial charge in [-0.3, -0.25) is 4.79 Å². The van der Waals surface area contributed by atoms with Crippen LogP contribution in [0.15, 0.2) is 48.5 Å². The van der Waals surface area contributed by atoms with E-state index in [0.717, 1.165) is 24.2 Å². The molecule has 0 radical (unpaired) electrons. The van der Waals surface area contributed by atoms with E-state index in [1.54, 1.807) is 0 Å². The second-order valence-corrected chi connectivity index (χ2v) is 4.63. The Hall–Kier alpha value is -1.93. The summed E-state index contributed by atoms with van der Waals surface area (Å²) in [6.45, 7) is 1.69. The number of fused-ring (bicyclic) bond motifs is 1. The fourth-order valence-corrected chi connectivity index (χ4v) is 2.47. The van der Waals surface area contributed by atoms with Gasteiger partial charge in [0.2, 0.25) is 0 Å². The average molecular weight is 237 g/mol. The van der Waals surface area contributed by atoms with Crippen molar-refractivity contribution in [3.8, 4) is 0 Å². The summed E-state index contributed by atoms with van der Waals surface area (Å²) in [6, 6.07) is 15.9. The summed E-state index contributed by atoms with van der Waals surface area (Å²) in [5, 5.41) is 3.29. The average Bonchev–Trinajstić information content (AvgIpc) is 2.87. The van der Waals surface area contributed by atoms with Crippen LogP contribution in [0.2, 0.25) is 0 Å². The van der Waals surface area contributed by atoms with Crippen molar-refractivity contribution in [3.63, 3.8) is 0 Å². The number of hydrogen-bond donors (Lipinski definition) is 1. The summed E-state index contributed by atoms with van der Waals surface area (Å²) < 4.78 is 0. The Kier molecular flexibility index (Phi) is 2.95. The van der Waals surface area contributed by atoms with Gasteiger partial charge in [-0.1, -0.05) is 48.5 Å². The number of carbonyl (C=O) groups excluding carboxylic acids is 1. The fraction of sp³-hybridized carbons (Fsp3) is 0.188. The van der Waals surface area contributed by atoms with Gasteiger partial charge in [0.05, 0.1) is 0 Å². The first-order valence-corrected chi connectivity index (χ1v) is 6.23. The molecule has 3 rings (SSSR count). The molecule has 0 amide bonds. The third-order valence-electron chi connectivity index (χ3n) is 3.40. The van der Waals surface area contributed by atoms with Crippen molar-refractivity contribution in [2.45, 2.75) is 19.5 Å². The van der Waals surface area contributed by atoms with E-state index in [9.17, 15) is 4.79 Å². The lowest BCUT2D eigenvalue weighted by molar-refractivity contribution is 0.0992. The molecule has 18 heavy (non-hydrogen) atoms. The highest BCUT2D eigenvalue weighted by atomic mass is 16.1. The van der Waals surface area contributed by atoms with Crippen LogP contribution in [-0.4, -0.2) is 5.78 Å².